The lowest BCUT2D eigenvalue weighted by Crippen LogP contribution is -2.05. The fourth-order valence-electron chi connectivity index (χ4n) is 1.60. The first-order valence-electron chi connectivity index (χ1n) is 5.69. The smallest absolute Gasteiger partial charge is 0.129 e. The predicted octanol–water partition coefficient (Wildman–Crippen LogP) is 1.99. The van der Waals surface area contributed by atoms with Crippen LogP contribution in [0.5, 0.6) is 0 Å². The van der Waals surface area contributed by atoms with Crippen molar-refractivity contribution in [2.45, 2.75) is 20.0 Å². The van der Waals surface area contributed by atoms with E-state index in [0.717, 1.165) is 11.3 Å². The van der Waals surface area contributed by atoms with Gasteiger partial charge in [0.2, 0.25) is 0 Å². The van der Waals surface area contributed by atoms with E-state index in [2.05, 4.69) is 15.3 Å². The van der Waals surface area contributed by atoms with Gasteiger partial charge in [-0.25, -0.2) is 14.4 Å². The molecular formula is C13H15FN4. The molecule has 1 heterocycles. The zero-order valence-corrected chi connectivity index (χ0v) is 10.2. The summed E-state index contributed by atoms with van der Waals surface area (Å²) in [6.45, 7) is 2.60. The highest BCUT2D eigenvalue weighted by Crippen LogP contribution is 2.12. The van der Waals surface area contributed by atoms with E-state index in [1.165, 1.54) is 12.4 Å². The molecule has 0 aliphatic carbocycles. The molecule has 0 spiro atoms. The van der Waals surface area contributed by atoms with Crippen molar-refractivity contribution in [3.8, 4) is 0 Å². The van der Waals surface area contributed by atoms with Gasteiger partial charge in [0.25, 0.3) is 0 Å². The lowest BCUT2D eigenvalue weighted by Gasteiger charge is -2.08. The van der Waals surface area contributed by atoms with Gasteiger partial charge < -0.3 is 11.1 Å². The third-order valence-electron chi connectivity index (χ3n) is 2.62. The van der Waals surface area contributed by atoms with Crippen molar-refractivity contribution >= 4 is 5.82 Å². The summed E-state index contributed by atoms with van der Waals surface area (Å²) in [5, 5.41) is 3.06. The normalized spacial score (nSPS) is 10.4. The molecule has 18 heavy (non-hydrogen) atoms. The fourth-order valence-corrected chi connectivity index (χ4v) is 1.60. The Balaban J connectivity index is 2.06. The lowest BCUT2D eigenvalue weighted by atomic mass is 10.1. The highest BCUT2D eigenvalue weighted by Gasteiger charge is 2.03. The van der Waals surface area contributed by atoms with Gasteiger partial charge in [-0.2, -0.15) is 0 Å². The number of rotatable bonds is 4. The number of hydrogen-bond acceptors (Lipinski definition) is 4. The number of hydrogen-bond donors (Lipinski definition) is 2. The van der Waals surface area contributed by atoms with E-state index < -0.39 is 0 Å². The number of anilines is 1. The SMILES string of the molecule is Cc1cc(NCc2ccc(CN)cc2F)ncn1. The standard InChI is InChI=1S/C13H15FN4/c1-9-4-13(18-8-17-9)16-7-11-3-2-10(6-15)5-12(11)14/h2-5,8H,6-7,15H2,1H3,(H,16,17,18). The Morgan fingerprint density at radius 3 is 2.78 bits per heavy atom. The van der Waals surface area contributed by atoms with E-state index in [0.29, 0.717) is 24.5 Å². The maximum atomic E-state index is 13.7. The average molecular weight is 246 g/mol. The number of aryl methyl sites for hydroxylation is 1. The molecule has 0 radical (unpaired) electrons. The van der Waals surface area contributed by atoms with E-state index in [1.54, 1.807) is 6.07 Å². The first-order valence-corrected chi connectivity index (χ1v) is 5.69. The first kappa shape index (κ1) is 12.4. The largest absolute Gasteiger partial charge is 0.366 e. The Labute approximate surface area is 105 Å². The van der Waals surface area contributed by atoms with Crippen LogP contribution in [0.1, 0.15) is 16.8 Å². The summed E-state index contributed by atoms with van der Waals surface area (Å²) in [6.07, 6.45) is 1.48. The molecule has 4 nitrogen and oxygen atoms in total. The monoisotopic (exact) mass is 246 g/mol. The molecule has 0 bridgehead atoms. The molecule has 0 amide bonds. The maximum Gasteiger partial charge on any atom is 0.129 e. The molecule has 3 N–H and O–H groups in total. The summed E-state index contributed by atoms with van der Waals surface area (Å²) in [4.78, 5) is 8.05. The second-order valence-corrected chi connectivity index (χ2v) is 4.03. The van der Waals surface area contributed by atoms with Crippen LogP contribution in [0.25, 0.3) is 0 Å². The van der Waals surface area contributed by atoms with Crippen LogP contribution >= 0.6 is 0 Å². The number of halogens is 1. The molecule has 1 aromatic carbocycles. The third-order valence-corrected chi connectivity index (χ3v) is 2.62. The minimum Gasteiger partial charge on any atom is -0.366 e. The van der Waals surface area contributed by atoms with Gasteiger partial charge in [-0.15, -0.1) is 0 Å². The summed E-state index contributed by atoms with van der Waals surface area (Å²) >= 11 is 0. The number of nitrogens with two attached hydrogens (primary N) is 1. The summed E-state index contributed by atoms with van der Waals surface area (Å²) in [5.41, 5.74) is 7.69. The lowest BCUT2D eigenvalue weighted by molar-refractivity contribution is 0.610. The van der Waals surface area contributed by atoms with Crippen molar-refractivity contribution in [3.05, 3.63) is 53.2 Å². The van der Waals surface area contributed by atoms with Gasteiger partial charge in [-0.3, -0.25) is 0 Å². The number of benzene rings is 1. The second kappa shape index (κ2) is 5.55. The fraction of sp³-hybridized carbons (Fsp3) is 0.231. The minimum absolute atomic E-state index is 0.253. The number of aromatic nitrogens is 2. The van der Waals surface area contributed by atoms with Gasteiger partial charge in [0, 0.05) is 30.4 Å². The maximum absolute atomic E-state index is 13.7. The van der Waals surface area contributed by atoms with E-state index in [9.17, 15) is 4.39 Å². The number of nitrogens with zero attached hydrogens (tertiary/aromatic N) is 2. The van der Waals surface area contributed by atoms with Crippen molar-refractivity contribution in [1.29, 1.82) is 0 Å². The second-order valence-electron chi connectivity index (χ2n) is 4.03. The van der Waals surface area contributed by atoms with Crippen LogP contribution in [0.3, 0.4) is 0 Å². The summed E-state index contributed by atoms with van der Waals surface area (Å²) < 4.78 is 13.7. The van der Waals surface area contributed by atoms with Gasteiger partial charge >= 0.3 is 0 Å². The van der Waals surface area contributed by atoms with Gasteiger partial charge in [-0.05, 0) is 18.6 Å². The quantitative estimate of drug-likeness (QED) is 0.866. The first-order chi connectivity index (χ1) is 8.69. The Bertz CT molecular complexity index is 542. The molecule has 1 aromatic heterocycles. The van der Waals surface area contributed by atoms with Gasteiger partial charge in [0.15, 0.2) is 0 Å². The molecule has 0 saturated heterocycles. The van der Waals surface area contributed by atoms with Gasteiger partial charge in [0.1, 0.15) is 18.0 Å². The van der Waals surface area contributed by atoms with Crippen LogP contribution in [-0.4, -0.2) is 9.97 Å². The molecule has 94 valence electrons. The summed E-state index contributed by atoms with van der Waals surface area (Å²) in [7, 11) is 0. The van der Waals surface area contributed by atoms with Crippen LogP contribution in [-0.2, 0) is 13.1 Å². The Kier molecular flexibility index (Phi) is 3.84. The topological polar surface area (TPSA) is 63.8 Å². The molecule has 2 rings (SSSR count). The Morgan fingerprint density at radius 2 is 2.11 bits per heavy atom. The van der Waals surface area contributed by atoms with Gasteiger partial charge in [-0.1, -0.05) is 12.1 Å². The van der Waals surface area contributed by atoms with E-state index in [4.69, 9.17) is 5.73 Å². The molecular weight excluding hydrogens is 231 g/mol. The van der Waals surface area contributed by atoms with E-state index in [-0.39, 0.29) is 5.82 Å². The van der Waals surface area contributed by atoms with Crippen LogP contribution in [0.4, 0.5) is 10.2 Å². The molecule has 2 aromatic rings. The van der Waals surface area contributed by atoms with Crippen molar-refractivity contribution in [1.82, 2.24) is 9.97 Å². The Morgan fingerprint density at radius 1 is 1.28 bits per heavy atom. The van der Waals surface area contributed by atoms with Crippen molar-refractivity contribution in [2.75, 3.05) is 5.32 Å². The molecule has 0 atom stereocenters. The van der Waals surface area contributed by atoms with E-state index >= 15 is 0 Å². The van der Waals surface area contributed by atoms with Gasteiger partial charge in [0.05, 0.1) is 0 Å². The molecule has 0 fully saturated rings. The molecule has 0 unspecified atom stereocenters. The van der Waals surface area contributed by atoms with Crippen molar-refractivity contribution < 1.29 is 4.39 Å². The predicted molar refractivity (Wildman–Crippen MR) is 68.4 cm³/mol. The van der Waals surface area contributed by atoms with Crippen LogP contribution in [0.15, 0.2) is 30.6 Å². The zero-order chi connectivity index (χ0) is 13.0. The van der Waals surface area contributed by atoms with Crippen LogP contribution in [0, 0.1) is 12.7 Å². The Hall–Kier alpha value is -2.01. The molecule has 0 aliphatic rings. The van der Waals surface area contributed by atoms with Crippen molar-refractivity contribution in [2.24, 2.45) is 5.73 Å². The third kappa shape index (κ3) is 3.01. The molecule has 0 aliphatic heterocycles. The molecule has 0 saturated carbocycles. The average Bonchev–Trinajstić information content (AvgIpc) is 2.37. The number of nitrogens with one attached hydrogen (secondary N) is 1. The van der Waals surface area contributed by atoms with Crippen LogP contribution in [0.2, 0.25) is 0 Å². The highest BCUT2D eigenvalue weighted by atomic mass is 19.1. The van der Waals surface area contributed by atoms with Crippen LogP contribution < -0.4 is 11.1 Å². The van der Waals surface area contributed by atoms with E-state index in [1.807, 2.05) is 19.1 Å². The van der Waals surface area contributed by atoms with Crippen molar-refractivity contribution in [3.63, 3.8) is 0 Å². The zero-order valence-electron chi connectivity index (χ0n) is 10.2. The summed E-state index contributed by atoms with van der Waals surface area (Å²) in [5.74, 6) is 0.432. The minimum atomic E-state index is -0.253. The summed E-state index contributed by atoms with van der Waals surface area (Å²) in [6, 6.07) is 6.83. The molecule has 5 heteroatoms. The highest BCUT2D eigenvalue weighted by molar-refractivity contribution is 5.36.